The molecule has 0 aliphatic carbocycles. The van der Waals surface area contributed by atoms with E-state index in [-0.39, 0.29) is 0 Å². The van der Waals surface area contributed by atoms with Crippen LogP contribution in [-0.4, -0.2) is 14.2 Å². The molecule has 160 valence electrons. The molecule has 0 N–H and O–H groups in total. The molecule has 0 aliphatic rings. The van der Waals surface area contributed by atoms with Crippen molar-refractivity contribution in [1.82, 2.24) is 0 Å². The van der Waals surface area contributed by atoms with Gasteiger partial charge in [-0.15, -0.1) is 22.7 Å². The Morgan fingerprint density at radius 1 is 0.613 bits per heavy atom. The van der Waals surface area contributed by atoms with E-state index in [9.17, 15) is 0 Å². The number of thiophene rings is 2. The summed E-state index contributed by atoms with van der Waals surface area (Å²) >= 11 is 3.34. The first kappa shape index (κ1) is 21.5. The highest BCUT2D eigenvalue weighted by Crippen LogP contribution is 2.41. The van der Waals surface area contributed by atoms with Crippen molar-refractivity contribution in [3.8, 4) is 21.6 Å². The maximum absolute atomic E-state index is 6.50. The molecular formula is C26H26O3S2. The van der Waals surface area contributed by atoms with Crippen molar-refractivity contribution in [2.24, 2.45) is 0 Å². The van der Waals surface area contributed by atoms with E-state index in [0.717, 1.165) is 34.5 Å². The summed E-state index contributed by atoms with van der Waals surface area (Å²) in [7, 11) is 3.38. The Labute approximate surface area is 191 Å². The topological polar surface area (TPSA) is 27.7 Å². The van der Waals surface area contributed by atoms with Crippen molar-refractivity contribution in [2.75, 3.05) is 14.2 Å². The molecule has 0 bridgehead atoms. The predicted molar refractivity (Wildman–Crippen MR) is 130 cm³/mol. The molecule has 2 aromatic heterocycles. The SMILES string of the molecule is COc1ccc(Cc2c(C)csc2Oc2scc(C)c2Cc2ccc(OC)cc2)cc1. The Morgan fingerprint density at radius 2 is 1.00 bits per heavy atom. The van der Waals surface area contributed by atoms with E-state index in [2.05, 4.69) is 48.9 Å². The third-order valence-electron chi connectivity index (χ3n) is 5.40. The average Bonchev–Trinajstić information content (AvgIpc) is 3.32. The number of hydrogen-bond donors (Lipinski definition) is 0. The summed E-state index contributed by atoms with van der Waals surface area (Å²) < 4.78 is 17.1. The molecule has 0 unspecified atom stereocenters. The van der Waals surface area contributed by atoms with Crippen molar-refractivity contribution in [3.05, 3.63) is 92.7 Å². The number of rotatable bonds is 8. The van der Waals surface area contributed by atoms with Crippen LogP contribution in [0.1, 0.15) is 33.4 Å². The lowest BCUT2D eigenvalue weighted by Crippen LogP contribution is -1.95. The minimum absolute atomic E-state index is 0.840. The summed E-state index contributed by atoms with van der Waals surface area (Å²) in [6.45, 7) is 4.31. The molecule has 4 aromatic rings. The molecule has 0 saturated carbocycles. The maximum atomic E-state index is 6.50. The number of hydrogen-bond acceptors (Lipinski definition) is 5. The van der Waals surface area contributed by atoms with Crippen LogP contribution in [0.25, 0.3) is 0 Å². The summed E-state index contributed by atoms with van der Waals surface area (Å²) in [5.41, 5.74) is 7.51. The van der Waals surface area contributed by atoms with Gasteiger partial charge < -0.3 is 14.2 Å². The van der Waals surface area contributed by atoms with Crippen LogP contribution in [0.4, 0.5) is 0 Å². The second kappa shape index (κ2) is 9.58. The van der Waals surface area contributed by atoms with Crippen molar-refractivity contribution >= 4 is 22.7 Å². The van der Waals surface area contributed by atoms with Crippen molar-refractivity contribution in [2.45, 2.75) is 26.7 Å². The van der Waals surface area contributed by atoms with Crippen LogP contribution in [0.2, 0.25) is 0 Å². The molecule has 0 radical (unpaired) electrons. The summed E-state index contributed by atoms with van der Waals surface area (Å²) in [5.74, 6) is 1.75. The Morgan fingerprint density at radius 3 is 1.35 bits per heavy atom. The van der Waals surface area contributed by atoms with Gasteiger partial charge in [-0.05, 0) is 71.1 Å². The van der Waals surface area contributed by atoms with Crippen LogP contribution in [-0.2, 0) is 12.8 Å². The molecule has 3 nitrogen and oxygen atoms in total. The van der Waals surface area contributed by atoms with E-state index in [4.69, 9.17) is 14.2 Å². The normalized spacial score (nSPS) is 10.8. The molecule has 0 atom stereocenters. The molecule has 5 heteroatoms. The van der Waals surface area contributed by atoms with Gasteiger partial charge in [-0.25, -0.2) is 0 Å². The van der Waals surface area contributed by atoms with E-state index in [0.29, 0.717) is 0 Å². The van der Waals surface area contributed by atoms with E-state index in [1.165, 1.54) is 33.4 Å². The highest BCUT2D eigenvalue weighted by atomic mass is 32.1. The lowest BCUT2D eigenvalue weighted by atomic mass is 10.0. The quantitative estimate of drug-likeness (QED) is 0.280. The third-order valence-corrected chi connectivity index (χ3v) is 7.43. The Balaban J connectivity index is 1.56. The highest BCUT2D eigenvalue weighted by molar-refractivity contribution is 7.13. The summed E-state index contributed by atoms with van der Waals surface area (Å²) in [6.07, 6.45) is 1.68. The second-order valence-corrected chi connectivity index (χ2v) is 9.21. The van der Waals surface area contributed by atoms with Gasteiger partial charge in [-0.1, -0.05) is 24.3 Å². The molecule has 0 saturated heterocycles. The average molecular weight is 451 g/mol. The summed E-state index contributed by atoms with van der Waals surface area (Å²) in [6, 6.07) is 16.5. The number of methoxy groups -OCH3 is 2. The van der Waals surface area contributed by atoms with Gasteiger partial charge in [-0.3, -0.25) is 0 Å². The fraction of sp³-hybridized carbons (Fsp3) is 0.231. The summed E-state index contributed by atoms with van der Waals surface area (Å²) in [4.78, 5) is 0. The van der Waals surface area contributed by atoms with Gasteiger partial charge in [0.25, 0.3) is 0 Å². The van der Waals surface area contributed by atoms with Gasteiger partial charge in [0, 0.05) is 24.0 Å². The second-order valence-electron chi connectivity index (χ2n) is 7.52. The minimum Gasteiger partial charge on any atom is -0.497 e. The van der Waals surface area contributed by atoms with Crippen molar-refractivity contribution < 1.29 is 14.2 Å². The zero-order valence-corrected chi connectivity index (χ0v) is 19.9. The molecule has 0 fully saturated rings. The van der Waals surface area contributed by atoms with Crippen molar-refractivity contribution in [3.63, 3.8) is 0 Å². The van der Waals surface area contributed by atoms with Crippen LogP contribution in [0.3, 0.4) is 0 Å². The number of benzene rings is 2. The zero-order valence-electron chi connectivity index (χ0n) is 18.2. The molecular weight excluding hydrogens is 424 g/mol. The van der Waals surface area contributed by atoms with Gasteiger partial charge >= 0.3 is 0 Å². The van der Waals surface area contributed by atoms with Gasteiger partial charge in [0.15, 0.2) is 10.1 Å². The largest absolute Gasteiger partial charge is 0.497 e. The van der Waals surface area contributed by atoms with E-state index in [1.807, 2.05) is 24.3 Å². The van der Waals surface area contributed by atoms with Crippen LogP contribution in [0.15, 0.2) is 59.3 Å². The van der Waals surface area contributed by atoms with E-state index < -0.39 is 0 Å². The number of ether oxygens (including phenoxy) is 3. The van der Waals surface area contributed by atoms with Crippen LogP contribution in [0.5, 0.6) is 21.6 Å². The molecule has 4 rings (SSSR count). The minimum atomic E-state index is 0.840. The van der Waals surface area contributed by atoms with E-state index >= 15 is 0 Å². The molecule has 2 heterocycles. The lowest BCUT2D eigenvalue weighted by molar-refractivity contribution is 0.414. The molecule has 0 spiro atoms. The van der Waals surface area contributed by atoms with Gasteiger partial charge in [0.05, 0.1) is 14.2 Å². The van der Waals surface area contributed by atoms with Gasteiger partial charge in [-0.2, -0.15) is 0 Å². The van der Waals surface area contributed by atoms with E-state index in [1.54, 1.807) is 36.9 Å². The molecule has 0 amide bonds. The first-order valence-electron chi connectivity index (χ1n) is 10.1. The lowest BCUT2D eigenvalue weighted by Gasteiger charge is -2.10. The molecule has 31 heavy (non-hydrogen) atoms. The predicted octanol–water partition coefficient (Wildman–Crippen LogP) is 7.42. The smallest absolute Gasteiger partial charge is 0.185 e. The molecule has 0 aliphatic heterocycles. The molecule has 2 aromatic carbocycles. The fourth-order valence-electron chi connectivity index (χ4n) is 3.46. The van der Waals surface area contributed by atoms with Crippen LogP contribution < -0.4 is 14.2 Å². The zero-order chi connectivity index (χ0) is 21.8. The van der Waals surface area contributed by atoms with Crippen LogP contribution in [0, 0.1) is 13.8 Å². The number of aryl methyl sites for hydroxylation is 2. The first-order chi connectivity index (χ1) is 15.1. The van der Waals surface area contributed by atoms with Gasteiger partial charge in [0.2, 0.25) is 0 Å². The highest BCUT2D eigenvalue weighted by Gasteiger charge is 2.17. The van der Waals surface area contributed by atoms with Crippen molar-refractivity contribution in [1.29, 1.82) is 0 Å². The first-order valence-corrected chi connectivity index (χ1v) is 11.9. The van der Waals surface area contributed by atoms with Gasteiger partial charge in [0.1, 0.15) is 11.5 Å². The monoisotopic (exact) mass is 450 g/mol. The third kappa shape index (κ3) is 4.94. The Kier molecular flexibility index (Phi) is 6.64. The maximum Gasteiger partial charge on any atom is 0.185 e. The fourth-order valence-corrected chi connectivity index (χ4v) is 5.38. The Hall–Kier alpha value is -2.76. The van der Waals surface area contributed by atoms with Crippen LogP contribution >= 0.6 is 22.7 Å². The standard InChI is InChI=1S/C26H26O3S2/c1-17-15-30-25(23(17)13-19-5-9-21(27-3)10-6-19)29-26-24(18(2)16-31-26)14-20-7-11-22(28-4)12-8-20/h5-12,15-16H,13-14H2,1-4H3. The summed E-state index contributed by atoms with van der Waals surface area (Å²) in [5, 5.41) is 6.31. The Bertz CT molecular complexity index is 1050.